The first-order chi connectivity index (χ1) is 19.2. The standard InChI is InChI=1S/C34H19FN2OS/c35-23-11-13-26-24-5-1-2-6-25(24)28-15-21(9-12-27(28)29(26)17-23)34-36-18-22(19-37-34)20-10-14-31-33(16-20)39-32-8-4-3-7-30(32)38-31/h1-19H. The van der Waals surface area contributed by atoms with Gasteiger partial charge in [-0.3, -0.25) is 0 Å². The van der Waals surface area contributed by atoms with Crippen LogP contribution in [0.2, 0.25) is 0 Å². The van der Waals surface area contributed by atoms with Crippen LogP contribution in [0.5, 0.6) is 11.5 Å². The Morgan fingerprint density at radius 3 is 2.03 bits per heavy atom. The van der Waals surface area contributed by atoms with Crippen LogP contribution in [0, 0.1) is 5.82 Å². The summed E-state index contributed by atoms with van der Waals surface area (Å²) in [4.78, 5) is 11.6. The molecule has 0 N–H and O–H groups in total. The molecule has 39 heavy (non-hydrogen) atoms. The Morgan fingerprint density at radius 2 is 1.15 bits per heavy atom. The van der Waals surface area contributed by atoms with E-state index in [1.54, 1.807) is 17.8 Å². The van der Waals surface area contributed by atoms with E-state index in [1.165, 1.54) is 6.07 Å². The molecule has 2 heterocycles. The van der Waals surface area contributed by atoms with Crippen LogP contribution in [-0.2, 0) is 0 Å². The van der Waals surface area contributed by atoms with Gasteiger partial charge < -0.3 is 4.74 Å². The Balaban J connectivity index is 1.19. The topological polar surface area (TPSA) is 35.0 Å². The molecule has 0 atom stereocenters. The van der Waals surface area contributed by atoms with Crippen molar-refractivity contribution in [2.24, 2.45) is 0 Å². The third kappa shape index (κ3) is 3.66. The smallest absolute Gasteiger partial charge is 0.159 e. The molecule has 0 saturated carbocycles. The lowest BCUT2D eigenvalue weighted by Gasteiger charge is -2.20. The normalized spacial score (nSPS) is 12.3. The van der Waals surface area contributed by atoms with Gasteiger partial charge in [-0.1, -0.05) is 72.4 Å². The molecule has 184 valence electrons. The number of rotatable bonds is 2. The zero-order valence-corrected chi connectivity index (χ0v) is 21.4. The highest BCUT2D eigenvalue weighted by Crippen LogP contribution is 2.48. The molecule has 6 aromatic carbocycles. The summed E-state index contributed by atoms with van der Waals surface area (Å²) < 4.78 is 20.3. The number of nitrogens with zero attached hydrogens (tertiary/aromatic N) is 2. The fourth-order valence-corrected chi connectivity index (χ4v) is 6.39. The van der Waals surface area contributed by atoms with Crippen LogP contribution in [0.1, 0.15) is 0 Å². The van der Waals surface area contributed by atoms with Gasteiger partial charge in [0.15, 0.2) is 5.82 Å². The average molecular weight is 523 g/mol. The molecule has 1 aromatic heterocycles. The third-order valence-electron chi connectivity index (χ3n) is 7.27. The van der Waals surface area contributed by atoms with Gasteiger partial charge >= 0.3 is 0 Å². The Kier molecular flexibility index (Phi) is 4.94. The molecule has 0 bridgehead atoms. The van der Waals surface area contributed by atoms with Gasteiger partial charge in [-0.05, 0) is 80.3 Å². The minimum atomic E-state index is -0.238. The maximum absolute atomic E-state index is 14.2. The Labute approximate surface area is 227 Å². The third-order valence-corrected chi connectivity index (χ3v) is 8.37. The van der Waals surface area contributed by atoms with Crippen molar-refractivity contribution in [1.82, 2.24) is 9.97 Å². The Morgan fingerprint density at radius 1 is 0.513 bits per heavy atom. The van der Waals surface area contributed by atoms with E-state index < -0.39 is 0 Å². The zero-order valence-electron chi connectivity index (χ0n) is 20.6. The molecule has 1 aliphatic heterocycles. The molecular formula is C34H19FN2OS. The largest absolute Gasteiger partial charge is 0.455 e. The molecule has 0 saturated heterocycles. The number of hydrogen-bond donors (Lipinski definition) is 0. The van der Waals surface area contributed by atoms with E-state index in [2.05, 4.69) is 36.4 Å². The lowest BCUT2D eigenvalue weighted by atomic mass is 9.93. The summed E-state index contributed by atoms with van der Waals surface area (Å²) >= 11 is 1.71. The Bertz CT molecular complexity index is 2090. The van der Waals surface area contributed by atoms with Crippen molar-refractivity contribution in [1.29, 1.82) is 0 Å². The molecule has 0 unspecified atom stereocenters. The van der Waals surface area contributed by atoms with Gasteiger partial charge in [-0.2, -0.15) is 0 Å². The lowest BCUT2D eigenvalue weighted by Crippen LogP contribution is -1.95. The molecule has 0 radical (unpaired) electrons. The van der Waals surface area contributed by atoms with Gasteiger partial charge in [0.05, 0.1) is 9.79 Å². The van der Waals surface area contributed by atoms with Crippen molar-refractivity contribution < 1.29 is 9.13 Å². The summed E-state index contributed by atoms with van der Waals surface area (Å²) in [5.41, 5.74) is 2.89. The fourth-order valence-electron chi connectivity index (χ4n) is 5.40. The van der Waals surface area contributed by atoms with E-state index in [9.17, 15) is 4.39 Å². The first-order valence-corrected chi connectivity index (χ1v) is 13.5. The number of para-hydroxylation sites is 1. The van der Waals surface area contributed by atoms with Gasteiger partial charge in [0.2, 0.25) is 0 Å². The van der Waals surface area contributed by atoms with Crippen molar-refractivity contribution in [3.63, 3.8) is 0 Å². The second-order valence-electron chi connectivity index (χ2n) is 9.60. The molecule has 0 spiro atoms. The van der Waals surface area contributed by atoms with E-state index in [0.717, 1.165) is 70.3 Å². The number of fused-ring (bicyclic) bond motifs is 8. The minimum Gasteiger partial charge on any atom is -0.455 e. The predicted molar refractivity (Wildman–Crippen MR) is 156 cm³/mol. The highest BCUT2D eigenvalue weighted by molar-refractivity contribution is 7.99. The molecule has 8 rings (SSSR count). The van der Waals surface area contributed by atoms with Crippen molar-refractivity contribution in [2.45, 2.75) is 9.79 Å². The number of benzene rings is 6. The highest BCUT2D eigenvalue weighted by atomic mass is 32.2. The number of aromatic nitrogens is 2. The highest BCUT2D eigenvalue weighted by Gasteiger charge is 2.18. The van der Waals surface area contributed by atoms with Crippen LogP contribution in [0.25, 0.3) is 54.8 Å². The van der Waals surface area contributed by atoms with Crippen molar-refractivity contribution in [2.75, 3.05) is 0 Å². The van der Waals surface area contributed by atoms with Gasteiger partial charge in [0.1, 0.15) is 17.3 Å². The van der Waals surface area contributed by atoms with Gasteiger partial charge in [-0.15, -0.1) is 0 Å². The average Bonchev–Trinajstić information content (AvgIpc) is 2.99. The minimum absolute atomic E-state index is 0.238. The van der Waals surface area contributed by atoms with Gasteiger partial charge in [-0.25, -0.2) is 14.4 Å². The molecule has 7 aromatic rings. The lowest BCUT2D eigenvalue weighted by molar-refractivity contribution is 0.454. The molecule has 0 fully saturated rings. The summed E-state index contributed by atoms with van der Waals surface area (Å²) in [7, 11) is 0. The van der Waals surface area contributed by atoms with Crippen molar-refractivity contribution in [3.8, 4) is 34.0 Å². The zero-order chi connectivity index (χ0) is 25.9. The summed E-state index contributed by atoms with van der Waals surface area (Å²) in [5.74, 6) is 2.15. The number of hydrogen-bond acceptors (Lipinski definition) is 4. The van der Waals surface area contributed by atoms with E-state index in [0.29, 0.717) is 5.82 Å². The number of ether oxygens (including phenoxy) is 1. The fraction of sp³-hybridized carbons (Fsp3) is 0. The summed E-state index contributed by atoms with van der Waals surface area (Å²) in [6, 6.07) is 33.7. The van der Waals surface area contributed by atoms with Crippen molar-refractivity contribution in [3.05, 3.63) is 121 Å². The maximum atomic E-state index is 14.2. The molecular weight excluding hydrogens is 503 g/mol. The van der Waals surface area contributed by atoms with E-state index in [4.69, 9.17) is 14.7 Å². The monoisotopic (exact) mass is 522 g/mol. The van der Waals surface area contributed by atoms with Gasteiger partial charge in [0, 0.05) is 23.5 Å². The summed E-state index contributed by atoms with van der Waals surface area (Å²) in [5, 5.41) is 6.25. The van der Waals surface area contributed by atoms with Crippen LogP contribution in [-0.4, -0.2) is 9.97 Å². The van der Waals surface area contributed by atoms with E-state index >= 15 is 0 Å². The molecule has 1 aliphatic rings. The van der Waals surface area contributed by atoms with Crippen LogP contribution in [0.4, 0.5) is 4.39 Å². The molecule has 5 heteroatoms. The predicted octanol–water partition coefficient (Wildman–Crippen LogP) is 9.67. The quantitative estimate of drug-likeness (QED) is 0.212. The Hall–Kier alpha value is -4.74. The summed E-state index contributed by atoms with van der Waals surface area (Å²) in [6.45, 7) is 0. The number of halogens is 1. The second-order valence-corrected chi connectivity index (χ2v) is 10.7. The van der Waals surface area contributed by atoms with Crippen LogP contribution < -0.4 is 4.74 Å². The van der Waals surface area contributed by atoms with Crippen LogP contribution >= 0.6 is 11.8 Å². The maximum Gasteiger partial charge on any atom is 0.159 e. The second kappa shape index (κ2) is 8.65. The SMILES string of the molecule is Fc1ccc2c3ccccc3c3cc(-c4ncc(-c5ccc6c(c5)Sc5ccccc5O6)cn4)ccc3c2c1. The van der Waals surface area contributed by atoms with Gasteiger partial charge in [0.25, 0.3) is 0 Å². The van der Waals surface area contributed by atoms with Crippen LogP contribution in [0.3, 0.4) is 0 Å². The first kappa shape index (κ1) is 22.3. The van der Waals surface area contributed by atoms with E-state index in [1.807, 2.05) is 67.0 Å². The molecule has 3 nitrogen and oxygen atoms in total. The van der Waals surface area contributed by atoms with E-state index in [-0.39, 0.29) is 5.82 Å². The molecule has 0 aliphatic carbocycles. The molecule has 0 amide bonds. The summed E-state index contributed by atoms with van der Waals surface area (Å²) in [6.07, 6.45) is 3.73. The first-order valence-electron chi connectivity index (χ1n) is 12.7. The van der Waals surface area contributed by atoms with Crippen molar-refractivity contribution >= 4 is 44.1 Å². The van der Waals surface area contributed by atoms with Crippen LogP contribution in [0.15, 0.2) is 125 Å².